The highest BCUT2D eigenvalue weighted by Crippen LogP contribution is 2.32. The first kappa shape index (κ1) is 14.7. The Morgan fingerprint density at radius 2 is 2.10 bits per heavy atom. The second-order valence-corrected chi connectivity index (χ2v) is 6.83. The first-order valence-corrected chi connectivity index (χ1v) is 8.24. The van der Waals surface area contributed by atoms with Crippen LogP contribution in [-0.2, 0) is 10.0 Å². The van der Waals surface area contributed by atoms with Gasteiger partial charge in [-0.3, -0.25) is 10.1 Å². The Labute approximate surface area is 119 Å². The molecule has 0 aliphatic heterocycles. The fraction of sp³-hybridized carbons (Fsp3) is 0.182. The van der Waals surface area contributed by atoms with E-state index in [0.29, 0.717) is 5.39 Å². The molecule has 7 nitrogen and oxygen atoms in total. The largest absolute Gasteiger partial charge is 0.295 e. The molecule has 0 fully saturated rings. The summed E-state index contributed by atoms with van der Waals surface area (Å²) < 4.78 is 21.8. The molecular weight excluding hydrogens is 302 g/mol. The molecule has 0 saturated heterocycles. The van der Waals surface area contributed by atoms with E-state index in [1.165, 1.54) is 24.0 Å². The van der Waals surface area contributed by atoms with Gasteiger partial charge in [0.05, 0.1) is 10.7 Å². The summed E-state index contributed by atoms with van der Waals surface area (Å²) in [6, 6.07) is 6.36. The van der Waals surface area contributed by atoms with E-state index in [0.717, 1.165) is 4.90 Å². The zero-order chi connectivity index (χ0) is 14.8. The van der Waals surface area contributed by atoms with Crippen molar-refractivity contribution < 1.29 is 13.3 Å². The van der Waals surface area contributed by atoms with Crippen LogP contribution < -0.4 is 5.14 Å². The van der Waals surface area contributed by atoms with Crippen molar-refractivity contribution in [1.29, 1.82) is 0 Å². The smallest absolute Gasteiger partial charge is 0.258 e. The molecule has 0 aliphatic carbocycles. The number of aromatic nitrogens is 1. The fourth-order valence-electron chi connectivity index (χ4n) is 1.67. The highest BCUT2D eigenvalue weighted by atomic mass is 32.2. The Morgan fingerprint density at radius 1 is 1.35 bits per heavy atom. The molecular formula is C11H11N3O4S2. The van der Waals surface area contributed by atoms with E-state index in [4.69, 9.17) is 5.14 Å². The molecule has 20 heavy (non-hydrogen) atoms. The van der Waals surface area contributed by atoms with Crippen LogP contribution in [-0.4, -0.2) is 29.8 Å². The van der Waals surface area contributed by atoms with Crippen LogP contribution >= 0.6 is 11.8 Å². The van der Waals surface area contributed by atoms with Crippen LogP contribution in [0.1, 0.15) is 0 Å². The van der Waals surface area contributed by atoms with Crippen molar-refractivity contribution in [3.8, 4) is 0 Å². The normalized spacial score (nSPS) is 11.7. The molecule has 0 spiro atoms. The first-order valence-electron chi connectivity index (χ1n) is 5.54. The number of nitrogens with zero attached hydrogens (tertiary/aromatic N) is 2. The summed E-state index contributed by atoms with van der Waals surface area (Å²) in [4.78, 5) is 15.2. The molecule has 2 aromatic rings. The minimum atomic E-state index is -3.51. The van der Waals surface area contributed by atoms with Gasteiger partial charge in [-0.25, -0.2) is 18.5 Å². The molecule has 1 aromatic carbocycles. The maximum Gasteiger partial charge on any atom is 0.295 e. The molecule has 2 N–H and O–H groups in total. The molecule has 1 aromatic heterocycles. The third kappa shape index (κ3) is 3.44. The van der Waals surface area contributed by atoms with Crippen LogP contribution in [0.2, 0.25) is 0 Å². The number of fused-ring (bicyclic) bond motifs is 1. The van der Waals surface area contributed by atoms with Crippen molar-refractivity contribution in [3.05, 3.63) is 40.6 Å². The van der Waals surface area contributed by atoms with Gasteiger partial charge >= 0.3 is 0 Å². The lowest BCUT2D eigenvalue weighted by Gasteiger charge is -2.05. The SMILES string of the molecule is NS(=O)(=O)CCSc1ccc([N+](=O)[O-])c2ncccc12. The maximum atomic E-state index is 10.9. The topological polar surface area (TPSA) is 116 Å². The summed E-state index contributed by atoms with van der Waals surface area (Å²) >= 11 is 1.28. The summed E-state index contributed by atoms with van der Waals surface area (Å²) in [6.45, 7) is 0. The molecule has 0 bridgehead atoms. The number of hydrogen-bond donors (Lipinski definition) is 1. The number of nitro benzene ring substituents is 1. The van der Waals surface area contributed by atoms with Crippen molar-refractivity contribution >= 4 is 38.4 Å². The van der Waals surface area contributed by atoms with Gasteiger partial charge in [0.15, 0.2) is 0 Å². The van der Waals surface area contributed by atoms with E-state index >= 15 is 0 Å². The van der Waals surface area contributed by atoms with Gasteiger partial charge in [0.1, 0.15) is 5.52 Å². The van der Waals surface area contributed by atoms with E-state index in [9.17, 15) is 18.5 Å². The molecule has 0 amide bonds. The van der Waals surface area contributed by atoms with E-state index < -0.39 is 14.9 Å². The van der Waals surface area contributed by atoms with Gasteiger partial charge in [-0.05, 0) is 18.2 Å². The number of pyridine rings is 1. The summed E-state index contributed by atoms with van der Waals surface area (Å²) in [7, 11) is -3.51. The van der Waals surface area contributed by atoms with Crippen molar-refractivity contribution in [2.45, 2.75) is 4.90 Å². The lowest BCUT2D eigenvalue weighted by Crippen LogP contribution is -2.17. The zero-order valence-corrected chi connectivity index (χ0v) is 11.9. The van der Waals surface area contributed by atoms with Gasteiger partial charge in [-0.1, -0.05) is 0 Å². The molecule has 0 saturated carbocycles. The number of benzene rings is 1. The average molecular weight is 313 g/mol. The number of hydrogen-bond acceptors (Lipinski definition) is 6. The monoisotopic (exact) mass is 313 g/mol. The Kier molecular flexibility index (Phi) is 4.21. The number of nitrogens with two attached hydrogens (primary N) is 1. The lowest BCUT2D eigenvalue weighted by atomic mass is 10.2. The van der Waals surface area contributed by atoms with Gasteiger partial charge in [-0.15, -0.1) is 11.8 Å². The zero-order valence-electron chi connectivity index (χ0n) is 10.2. The Bertz CT molecular complexity index is 761. The summed E-state index contributed by atoms with van der Waals surface area (Å²) in [5.41, 5.74) is 0.217. The number of rotatable bonds is 5. The third-order valence-corrected chi connectivity index (χ3v) is 4.64. The van der Waals surface area contributed by atoms with Gasteiger partial charge in [0.25, 0.3) is 5.69 Å². The Balaban J connectivity index is 2.36. The van der Waals surface area contributed by atoms with Crippen LogP contribution in [0.15, 0.2) is 35.4 Å². The summed E-state index contributed by atoms with van der Waals surface area (Å²) in [6.07, 6.45) is 1.48. The van der Waals surface area contributed by atoms with E-state index in [1.54, 1.807) is 18.2 Å². The number of primary sulfonamides is 1. The van der Waals surface area contributed by atoms with Crippen LogP contribution in [0.3, 0.4) is 0 Å². The minimum Gasteiger partial charge on any atom is -0.258 e. The van der Waals surface area contributed by atoms with E-state index in [-0.39, 0.29) is 22.7 Å². The van der Waals surface area contributed by atoms with Crippen molar-refractivity contribution in [2.75, 3.05) is 11.5 Å². The summed E-state index contributed by atoms with van der Waals surface area (Å²) in [5.74, 6) is 0.122. The van der Waals surface area contributed by atoms with Gasteiger partial charge < -0.3 is 0 Å². The molecule has 0 aliphatic rings. The maximum absolute atomic E-state index is 10.9. The molecule has 106 valence electrons. The van der Waals surface area contributed by atoms with Crippen LogP contribution in [0, 0.1) is 10.1 Å². The highest BCUT2D eigenvalue weighted by molar-refractivity contribution is 8.00. The molecule has 0 unspecified atom stereocenters. The molecule has 2 rings (SSSR count). The van der Waals surface area contributed by atoms with Gasteiger partial charge in [0, 0.05) is 28.3 Å². The van der Waals surface area contributed by atoms with E-state index in [2.05, 4.69) is 4.98 Å². The molecule has 9 heteroatoms. The van der Waals surface area contributed by atoms with Crippen LogP contribution in [0.4, 0.5) is 5.69 Å². The second-order valence-electron chi connectivity index (χ2n) is 3.95. The fourth-order valence-corrected chi connectivity index (χ4v) is 3.64. The van der Waals surface area contributed by atoms with Crippen molar-refractivity contribution in [2.24, 2.45) is 5.14 Å². The highest BCUT2D eigenvalue weighted by Gasteiger charge is 2.15. The number of nitro groups is 1. The average Bonchev–Trinajstić information content (AvgIpc) is 2.37. The van der Waals surface area contributed by atoms with Gasteiger partial charge in [0.2, 0.25) is 10.0 Å². The molecule has 0 radical (unpaired) electrons. The molecule has 1 heterocycles. The summed E-state index contributed by atoms with van der Waals surface area (Å²) in [5, 5.41) is 16.5. The predicted molar refractivity (Wildman–Crippen MR) is 77.1 cm³/mol. The Morgan fingerprint density at radius 3 is 2.75 bits per heavy atom. The van der Waals surface area contributed by atoms with Crippen LogP contribution in [0.25, 0.3) is 10.9 Å². The van der Waals surface area contributed by atoms with E-state index in [1.807, 2.05) is 0 Å². The number of thioether (sulfide) groups is 1. The molecule has 0 atom stereocenters. The van der Waals surface area contributed by atoms with Crippen LogP contribution in [0.5, 0.6) is 0 Å². The number of sulfonamides is 1. The van der Waals surface area contributed by atoms with Crippen molar-refractivity contribution in [1.82, 2.24) is 4.98 Å². The Hall–Kier alpha value is -1.71. The third-order valence-electron chi connectivity index (χ3n) is 2.53. The van der Waals surface area contributed by atoms with Gasteiger partial charge in [-0.2, -0.15) is 0 Å². The van der Waals surface area contributed by atoms with Crippen molar-refractivity contribution in [3.63, 3.8) is 0 Å². The first-order chi connectivity index (χ1) is 9.38. The minimum absolute atomic E-state index is 0.0728. The predicted octanol–water partition coefficient (Wildman–Crippen LogP) is 1.52. The standard InChI is InChI=1S/C11H11N3O4S2/c12-20(17,18)7-6-19-10-4-3-9(14(15)16)11-8(10)2-1-5-13-11/h1-5H,6-7H2,(H2,12,17,18). The second kappa shape index (κ2) is 5.73. The number of non-ortho nitro benzene ring substituents is 1. The lowest BCUT2D eigenvalue weighted by molar-refractivity contribution is -0.383. The quantitative estimate of drug-likeness (QED) is 0.508.